The maximum Gasteiger partial charge on any atom is 0.410 e. The number of cyclic esters (lactones) is 1. The number of carbonyl (C=O) groups excluding carboxylic acids is 1. The number of ether oxygens (including phenoxy) is 1. The van der Waals surface area contributed by atoms with Crippen LogP contribution >= 0.6 is 12.4 Å². The first-order valence-corrected chi connectivity index (χ1v) is 5.29. The maximum absolute atomic E-state index is 11.6. The van der Waals surface area contributed by atoms with Crippen LogP contribution in [0, 0.1) is 0 Å². The standard InChI is InChI=1S/C10H18N2O2.ClH/c1-10(2)7-12(9(13)14-10)8-3-5-11-6-4-8;/h8,11H,3-7H2,1-2H3;1H. The minimum absolute atomic E-state index is 0. The van der Waals surface area contributed by atoms with Crippen molar-refractivity contribution < 1.29 is 9.53 Å². The van der Waals surface area contributed by atoms with Crippen molar-refractivity contribution >= 4 is 18.5 Å². The molecule has 0 aromatic rings. The van der Waals surface area contributed by atoms with Gasteiger partial charge in [-0.05, 0) is 39.8 Å². The van der Waals surface area contributed by atoms with Crippen molar-refractivity contribution in [1.82, 2.24) is 10.2 Å². The molecule has 0 radical (unpaired) electrons. The van der Waals surface area contributed by atoms with Gasteiger partial charge in [0.1, 0.15) is 5.60 Å². The van der Waals surface area contributed by atoms with E-state index in [0.29, 0.717) is 6.04 Å². The molecule has 0 aromatic heterocycles. The largest absolute Gasteiger partial charge is 0.441 e. The summed E-state index contributed by atoms with van der Waals surface area (Å²) in [7, 11) is 0. The van der Waals surface area contributed by atoms with Crippen LogP contribution in [0.5, 0.6) is 0 Å². The summed E-state index contributed by atoms with van der Waals surface area (Å²) in [5, 5.41) is 3.29. The van der Waals surface area contributed by atoms with E-state index in [1.807, 2.05) is 18.7 Å². The number of carbonyl (C=O) groups is 1. The van der Waals surface area contributed by atoms with Crippen molar-refractivity contribution in [3.05, 3.63) is 0 Å². The predicted molar refractivity (Wildman–Crippen MR) is 60.4 cm³/mol. The highest BCUT2D eigenvalue weighted by Crippen LogP contribution is 2.26. The molecule has 0 aromatic carbocycles. The number of piperidine rings is 1. The molecule has 2 aliphatic heterocycles. The number of nitrogens with one attached hydrogen (secondary N) is 1. The Morgan fingerprint density at radius 3 is 2.47 bits per heavy atom. The van der Waals surface area contributed by atoms with Gasteiger partial charge in [-0.15, -0.1) is 12.4 Å². The first-order chi connectivity index (χ1) is 6.58. The van der Waals surface area contributed by atoms with Crippen LogP contribution in [-0.2, 0) is 4.74 Å². The first kappa shape index (κ1) is 12.6. The minimum atomic E-state index is -0.304. The lowest BCUT2D eigenvalue weighted by Gasteiger charge is -2.29. The van der Waals surface area contributed by atoms with E-state index >= 15 is 0 Å². The molecule has 0 aliphatic carbocycles. The number of hydrogen-bond acceptors (Lipinski definition) is 3. The number of nitrogens with zero attached hydrogens (tertiary/aromatic N) is 1. The van der Waals surface area contributed by atoms with E-state index in [2.05, 4.69) is 5.32 Å². The zero-order chi connectivity index (χ0) is 10.2. The summed E-state index contributed by atoms with van der Waals surface area (Å²) in [5.41, 5.74) is -0.304. The molecule has 4 nitrogen and oxygen atoms in total. The Balaban J connectivity index is 0.00000112. The zero-order valence-electron chi connectivity index (χ0n) is 9.28. The van der Waals surface area contributed by atoms with Crippen molar-refractivity contribution in [2.45, 2.75) is 38.3 Å². The molecular formula is C10H19ClN2O2. The summed E-state index contributed by atoms with van der Waals surface area (Å²) in [6.45, 7) is 6.68. The van der Waals surface area contributed by atoms with Crippen molar-refractivity contribution in [1.29, 1.82) is 0 Å². The van der Waals surface area contributed by atoms with Crippen molar-refractivity contribution in [3.63, 3.8) is 0 Å². The Bertz CT molecular complexity index is 240. The van der Waals surface area contributed by atoms with E-state index in [0.717, 1.165) is 32.5 Å². The highest BCUT2D eigenvalue weighted by molar-refractivity contribution is 5.85. The quantitative estimate of drug-likeness (QED) is 0.746. The van der Waals surface area contributed by atoms with E-state index in [9.17, 15) is 4.79 Å². The van der Waals surface area contributed by atoms with Crippen molar-refractivity contribution in [2.24, 2.45) is 0 Å². The van der Waals surface area contributed by atoms with E-state index in [1.54, 1.807) is 0 Å². The highest BCUT2D eigenvalue weighted by Gasteiger charge is 2.40. The fourth-order valence-electron chi connectivity index (χ4n) is 2.20. The number of amides is 1. The molecule has 15 heavy (non-hydrogen) atoms. The van der Waals surface area contributed by atoms with Crippen LogP contribution in [0.3, 0.4) is 0 Å². The SMILES string of the molecule is CC1(C)CN(C2CCNCC2)C(=O)O1.Cl. The van der Waals surface area contributed by atoms with Gasteiger partial charge in [0.15, 0.2) is 0 Å². The van der Waals surface area contributed by atoms with Gasteiger partial charge in [0.2, 0.25) is 0 Å². The average molecular weight is 235 g/mol. The van der Waals surface area contributed by atoms with Gasteiger partial charge < -0.3 is 15.0 Å². The topological polar surface area (TPSA) is 41.6 Å². The molecule has 2 fully saturated rings. The summed E-state index contributed by atoms with van der Waals surface area (Å²) in [5.74, 6) is 0. The summed E-state index contributed by atoms with van der Waals surface area (Å²) in [6, 6.07) is 0.380. The van der Waals surface area contributed by atoms with Crippen LogP contribution in [0.2, 0.25) is 0 Å². The lowest BCUT2D eigenvalue weighted by molar-refractivity contribution is 0.0850. The summed E-state index contributed by atoms with van der Waals surface area (Å²) >= 11 is 0. The zero-order valence-corrected chi connectivity index (χ0v) is 10.1. The van der Waals surface area contributed by atoms with E-state index in [1.165, 1.54) is 0 Å². The van der Waals surface area contributed by atoms with Gasteiger partial charge in [-0.1, -0.05) is 0 Å². The molecule has 0 saturated carbocycles. The molecule has 5 heteroatoms. The number of hydrogen-bond donors (Lipinski definition) is 1. The summed E-state index contributed by atoms with van der Waals surface area (Å²) < 4.78 is 5.28. The van der Waals surface area contributed by atoms with Gasteiger partial charge in [-0.3, -0.25) is 0 Å². The second-order valence-corrected chi connectivity index (χ2v) is 4.74. The summed E-state index contributed by atoms with van der Waals surface area (Å²) in [4.78, 5) is 13.5. The molecule has 2 saturated heterocycles. The normalized spacial score (nSPS) is 26.0. The highest BCUT2D eigenvalue weighted by atomic mass is 35.5. The molecular weight excluding hydrogens is 216 g/mol. The van der Waals surface area contributed by atoms with Gasteiger partial charge >= 0.3 is 6.09 Å². The second kappa shape index (κ2) is 4.58. The van der Waals surface area contributed by atoms with E-state index in [4.69, 9.17) is 4.74 Å². The molecule has 2 aliphatic rings. The van der Waals surface area contributed by atoms with E-state index in [-0.39, 0.29) is 24.1 Å². The van der Waals surface area contributed by atoms with Crippen LogP contribution in [-0.4, -0.2) is 42.3 Å². The summed E-state index contributed by atoms with van der Waals surface area (Å²) in [6.07, 6.45) is 1.96. The van der Waals surface area contributed by atoms with Gasteiger partial charge in [0.25, 0.3) is 0 Å². The average Bonchev–Trinajstić information content (AvgIpc) is 2.41. The molecule has 88 valence electrons. The maximum atomic E-state index is 11.6. The van der Waals surface area contributed by atoms with Crippen LogP contribution < -0.4 is 5.32 Å². The third kappa shape index (κ3) is 2.75. The van der Waals surface area contributed by atoms with E-state index < -0.39 is 0 Å². The predicted octanol–water partition coefficient (Wildman–Crippen LogP) is 1.39. The van der Waals surface area contributed by atoms with Gasteiger partial charge in [0.05, 0.1) is 6.54 Å². The molecule has 0 bridgehead atoms. The monoisotopic (exact) mass is 234 g/mol. The Morgan fingerprint density at radius 2 is 2.00 bits per heavy atom. The molecule has 0 spiro atoms. The fraction of sp³-hybridized carbons (Fsp3) is 0.900. The van der Waals surface area contributed by atoms with Crippen molar-refractivity contribution in [3.8, 4) is 0 Å². The minimum Gasteiger partial charge on any atom is -0.441 e. The fourth-order valence-corrected chi connectivity index (χ4v) is 2.20. The van der Waals surface area contributed by atoms with Crippen LogP contribution in [0.15, 0.2) is 0 Å². The second-order valence-electron chi connectivity index (χ2n) is 4.74. The van der Waals surface area contributed by atoms with Crippen LogP contribution in [0.4, 0.5) is 4.79 Å². The van der Waals surface area contributed by atoms with Crippen LogP contribution in [0.25, 0.3) is 0 Å². The van der Waals surface area contributed by atoms with Gasteiger partial charge in [-0.2, -0.15) is 0 Å². The molecule has 0 atom stereocenters. The molecule has 1 amide bonds. The number of halogens is 1. The number of rotatable bonds is 1. The Kier molecular flexibility index (Phi) is 3.84. The first-order valence-electron chi connectivity index (χ1n) is 5.29. The molecule has 1 N–H and O–H groups in total. The Morgan fingerprint density at radius 1 is 1.40 bits per heavy atom. The van der Waals surface area contributed by atoms with Gasteiger partial charge in [0, 0.05) is 6.04 Å². The molecule has 2 heterocycles. The molecule has 2 rings (SSSR count). The van der Waals surface area contributed by atoms with Crippen LogP contribution in [0.1, 0.15) is 26.7 Å². The third-order valence-corrected chi connectivity index (χ3v) is 2.90. The lowest BCUT2D eigenvalue weighted by atomic mass is 10.0. The van der Waals surface area contributed by atoms with Gasteiger partial charge in [-0.25, -0.2) is 4.79 Å². The lowest BCUT2D eigenvalue weighted by Crippen LogP contribution is -2.44. The van der Waals surface area contributed by atoms with Crippen molar-refractivity contribution in [2.75, 3.05) is 19.6 Å². The smallest absolute Gasteiger partial charge is 0.410 e. The third-order valence-electron chi connectivity index (χ3n) is 2.90. The Hall–Kier alpha value is -0.480. The molecule has 0 unspecified atom stereocenters. The Labute approximate surface area is 96.7 Å².